The molecule has 0 radical (unpaired) electrons. The molecule has 0 spiro atoms. The molecular weight excluding hydrogens is 361 g/mol. The standard InChI is InChI=1S/C16H10ClF3N2OS/c17-14-6-5-13(24-14)12-7-10(15(23)21-8-16(18,19)20)9-3-1-2-4-11(9)22-12/h1-7H,8H2,(H,21,23). The number of carbonyl (C=O) groups excluding carboxylic acids is 1. The molecule has 0 atom stereocenters. The number of alkyl halides is 3. The fourth-order valence-electron chi connectivity index (χ4n) is 2.22. The Bertz CT molecular complexity index is 908. The number of pyridine rings is 1. The summed E-state index contributed by atoms with van der Waals surface area (Å²) in [4.78, 5) is 17.4. The number of halogens is 4. The SMILES string of the molecule is O=C(NCC(F)(F)F)c1cc(-c2ccc(Cl)s2)nc2ccccc12. The molecule has 124 valence electrons. The van der Waals surface area contributed by atoms with E-state index in [1.807, 2.05) is 5.32 Å². The number of fused-ring (bicyclic) bond motifs is 1. The maximum Gasteiger partial charge on any atom is 0.405 e. The van der Waals surface area contributed by atoms with Gasteiger partial charge >= 0.3 is 6.18 Å². The highest BCUT2D eigenvalue weighted by Gasteiger charge is 2.28. The van der Waals surface area contributed by atoms with Crippen molar-refractivity contribution in [3.8, 4) is 10.6 Å². The van der Waals surface area contributed by atoms with Gasteiger partial charge in [0, 0.05) is 5.39 Å². The minimum absolute atomic E-state index is 0.143. The first-order valence-electron chi connectivity index (χ1n) is 6.84. The summed E-state index contributed by atoms with van der Waals surface area (Å²) < 4.78 is 37.6. The fourth-order valence-corrected chi connectivity index (χ4v) is 3.22. The Hall–Kier alpha value is -2.12. The van der Waals surface area contributed by atoms with Crippen molar-refractivity contribution in [2.75, 3.05) is 6.54 Å². The summed E-state index contributed by atoms with van der Waals surface area (Å²) in [6.45, 7) is -1.39. The van der Waals surface area contributed by atoms with Gasteiger partial charge in [0.05, 0.1) is 26.0 Å². The van der Waals surface area contributed by atoms with Crippen LogP contribution in [0.2, 0.25) is 4.34 Å². The van der Waals surface area contributed by atoms with Crippen LogP contribution in [0.4, 0.5) is 13.2 Å². The monoisotopic (exact) mass is 370 g/mol. The third-order valence-electron chi connectivity index (χ3n) is 3.24. The zero-order valence-electron chi connectivity index (χ0n) is 12.0. The third-order valence-corrected chi connectivity index (χ3v) is 4.49. The van der Waals surface area contributed by atoms with E-state index < -0.39 is 18.6 Å². The fraction of sp³-hybridized carbons (Fsp3) is 0.125. The van der Waals surface area contributed by atoms with Gasteiger partial charge < -0.3 is 5.32 Å². The highest BCUT2D eigenvalue weighted by atomic mass is 35.5. The number of nitrogens with zero attached hydrogens (tertiary/aromatic N) is 1. The van der Waals surface area contributed by atoms with Crippen LogP contribution in [0.25, 0.3) is 21.5 Å². The molecule has 0 saturated heterocycles. The summed E-state index contributed by atoms with van der Waals surface area (Å²) in [6, 6.07) is 11.7. The van der Waals surface area contributed by atoms with Crippen LogP contribution < -0.4 is 5.32 Å². The van der Waals surface area contributed by atoms with Crippen LogP contribution in [0.15, 0.2) is 42.5 Å². The van der Waals surface area contributed by atoms with Crippen LogP contribution in [0, 0.1) is 0 Å². The van der Waals surface area contributed by atoms with Crippen molar-refractivity contribution in [3.05, 3.63) is 52.4 Å². The van der Waals surface area contributed by atoms with E-state index in [0.29, 0.717) is 20.9 Å². The first kappa shape index (κ1) is 16.7. The normalized spacial score (nSPS) is 11.7. The second-order valence-corrected chi connectivity index (χ2v) is 6.69. The summed E-state index contributed by atoms with van der Waals surface area (Å²) in [6.07, 6.45) is -4.47. The Morgan fingerprint density at radius 1 is 1.21 bits per heavy atom. The molecule has 0 unspecified atom stereocenters. The number of para-hydroxylation sites is 1. The van der Waals surface area contributed by atoms with Crippen LogP contribution in [-0.2, 0) is 0 Å². The number of hydrogen-bond acceptors (Lipinski definition) is 3. The molecule has 3 rings (SSSR count). The number of nitrogens with one attached hydrogen (secondary N) is 1. The van der Waals surface area contributed by atoms with E-state index in [0.717, 1.165) is 4.88 Å². The molecule has 0 saturated carbocycles. The molecule has 0 fully saturated rings. The average molecular weight is 371 g/mol. The second kappa shape index (κ2) is 6.41. The maximum atomic E-state index is 12.4. The van der Waals surface area contributed by atoms with Crippen molar-refractivity contribution in [2.45, 2.75) is 6.18 Å². The van der Waals surface area contributed by atoms with E-state index in [2.05, 4.69) is 4.98 Å². The minimum Gasteiger partial charge on any atom is -0.343 e. The van der Waals surface area contributed by atoms with Gasteiger partial charge in [-0.15, -0.1) is 11.3 Å². The van der Waals surface area contributed by atoms with Gasteiger partial charge in [-0.1, -0.05) is 29.8 Å². The lowest BCUT2D eigenvalue weighted by Gasteiger charge is -2.11. The summed E-state index contributed by atoms with van der Waals surface area (Å²) in [5.41, 5.74) is 1.16. The summed E-state index contributed by atoms with van der Waals surface area (Å²) >= 11 is 7.20. The zero-order valence-corrected chi connectivity index (χ0v) is 13.6. The number of benzene rings is 1. The molecule has 0 aliphatic heterocycles. The van der Waals surface area contributed by atoms with E-state index in [-0.39, 0.29) is 5.56 Å². The van der Waals surface area contributed by atoms with E-state index in [1.165, 1.54) is 17.4 Å². The van der Waals surface area contributed by atoms with Crippen LogP contribution in [0.1, 0.15) is 10.4 Å². The van der Waals surface area contributed by atoms with E-state index in [9.17, 15) is 18.0 Å². The van der Waals surface area contributed by atoms with Crippen molar-refractivity contribution in [1.29, 1.82) is 0 Å². The molecule has 0 bridgehead atoms. The molecule has 3 aromatic rings. The van der Waals surface area contributed by atoms with Gasteiger partial charge in [-0.3, -0.25) is 4.79 Å². The van der Waals surface area contributed by atoms with Crippen LogP contribution >= 0.6 is 22.9 Å². The lowest BCUT2D eigenvalue weighted by molar-refractivity contribution is -0.123. The molecule has 1 N–H and O–H groups in total. The largest absolute Gasteiger partial charge is 0.405 e. The highest BCUT2D eigenvalue weighted by molar-refractivity contribution is 7.19. The van der Waals surface area contributed by atoms with Gasteiger partial charge in [0.15, 0.2) is 0 Å². The topological polar surface area (TPSA) is 42.0 Å². The number of aromatic nitrogens is 1. The Balaban J connectivity index is 2.06. The number of thiophene rings is 1. The van der Waals surface area contributed by atoms with Gasteiger partial charge in [0.2, 0.25) is 0 Å². The number of rotatable bonds is 3. The van der Waals surface area contributed by atoms with Crippen molar-refractivity contribution in [2.24, 2.45) is 0 Å². The zero-order chi connectivity index (χ0) is 17.3. The molecule has 1 amide bonds. The molecule has 2 heterocycles. The number of carbonyl (C=O) groups is 1. The third kappa shape index (κ3) is 3.68. The van der Waals surface area contributed by atoms with Gasteiger partial charge in [-0.05, 0) is 24.3 Å². The Kier molecular flexibility index (Phi) is 4.47. The summed E-state index contributed by atoms with van der Waals surface area (Å²) in [5, 5.41) is 2.39. The molecule has 0 aliphatic rings. The lowest BCUT2D eigenvalue weighted by Crippen LogP contribution is -2.33. The van der Waals surface area contributed by atoms with Gasteiger partial charge in [0.25, 0.3) is 5.91 Å². The smallest absolute Gasteiger partial charge is 0.343 e. The van der Waals surface area contributed by atoms with E-state index in [1.54, 1.807) is 36.4 Å². The Morgan fingerprint density at radius 3 is 2.62 bits per heavy atom. The second-order valence-electron chi connectivity index (χ2n) is 4.97. The van der Waals surface area contributed by atoms with Crippen molar-refractivity contribution in [3.63, 3.8) is 0 Å². The van der Waals surface area contributed by atoms with Gasteiger partial charge in [-0.2, -0.15) is 13.2 Å². The van der Waals surface area contributed by atoms with E-state index in [4.69, 9.17) is 11.6 Å². The number of amides is 1. The summed E-state index contributed by atoms with van der Waals surface area (Å²) in [5.74, 6) is -0.796. The lowest BCUT2D eigenvalue weighted by atomic mass is 10.1. The molecule has 3 nitrogen and oxygen atoms in total. The molecular formula is C16H10ClF3N2OS. The highest BCUT2D eigenvalue weighted by Crippen LogP contribution is 2.32. The van der Waals surface area contributed by atoms with Crippen LogP contribution in [0.3, 0.4) is 0 Å². The van der Waals surface area contributed by atoms with E-state index >= 15 is 0 Å². The quantitative estimate of drug-likeness (QED) is 0.711. The predicted molar refractivity (Wildman–Crippen MR) is 88.5 cm³/mol. The molecule has 8 heteroatoms. The Labute approximate surface area is 144 Å². The average Bonchev–Trinajstić information content (AvgIpc) is 2.97. The van der Waals surface area contributed by atoms with Gasteiger partial charge in [0.1, 0.15) is 6.54 Å². The van der Waals surface area contributed by atoms with Crippen LogP contribution in [0.5, 0.6) is 0 Å². The van der Waals surface area contributed by atoms with Gasteiger partial charge in [-0.25, -0.2) is 4.98 Å². The molecule has 2 aromatic heterocycles. The first-order chi connectivity index (χ1) is 11.3. The van der Waals surface area contributed by atoms with Crippen molar-refractivity contribution in [1.82, 2.24) is 10.3 Å². The number of hydrogen-bond donors (Lipinski definition) is 1. The Morgan fingerprint density at radius 2 is 1.96 bits per heavy atom. The van der Waals surface area contributed by atoms with Crippen molar-refractivity contribution >= 4 is 39.7 Å². The molecule has 1 aromatic carbocycles. The van der Waals surface area contributed by atoms with Crippen LogP contribution in [-0.4, -0.2) is 23.6 Å². The minimum atomic E-state index is -4.47. The molecule has 0 aliphatic carbocycles. The first-order valence-corrected chi connectivity index (χ1v) is 8.03. The maximum absolute atomic E-state index is 12.4. The summed E-state index contributed by atoms with van der Waals surface area (Å²) in [7, 11) is 0. The molecule has 24 heavy (non-hydrogen) atoms. The van der Waals surface area contributed by atoms with Crippen molar-refractivity contribution < 1.29 is 18.0 Å². The predicted octanol–water partition coefficient (Wildman–Crippen LogP) is 4.91.